The van der Waals surface area contributed by atoms with E-state index in [1.165, 1.54) is 12.8 Å². The molecule has 1 aliphatic rings. The van der Waals surface area contributed by atoms with Gasteiger partial charge in [0.1, 0.15) is 0 Å². The van der Waals surface area contributed by atoms with Gasteiger partial charge in [0.25, 0.3) is 12.4 Å². The minimum absolute atomic E-state index is 0.477. The molecule has 1 fully saturated rings. The molecule has 1 heterocycles. The molecule has 1 saturated heterocycles. The predicted octanol–water partition coefficient (Wildman–Crippen LogP) is 1.08. The molecule has 1 atom stereocenters. The summed E-state index contributed by atoms with van der Waals surface area (Å²) in [5, 5.41) is 0. The van der Waals surface area contributed by atoms with E-state index in [9.17, 15) is 0 Å². The largest absolute Gasteiger partial charge is 0.264 e. The van der Waals surface area contributed by atoms with Crippen molar-refractivity contribution in [3.63, 3.8) is 0 Å². The lowest BCUT2D eigenvalue weighted by Crippen LogP contribution is -2.12. The highest BCUT2D eigenvalue weighted by atomic mass is 32.1. The van der Waals surface area contributed by atoms with E-state index in [0.29, 0.717) is 6.04 Å². The van der Waals surface area contributed by atoms with Crippen molar-refractivity contribution in [2.75, 3.05) is 6.54 Å². The Morgan fingerprint density at radius 1 is 1.75 bits per heavy atom. The second-order valence-corrected chi connectivity index (χ2v) is 2.55. The highest BCUT2D eigenvalue weighted by Gasteiger charge is 2.23. The third-order valence-corrected chi connectivity index (χ3v) is 1.97. The summed E-state index contributed by atoms with van der Waals surface area (Å²) < 4.78 is 1.92. The van der Waals surface area contributed by atoms with Crippen molar-refractivity contribution in [3.05, 3.63) is 12.7 Å². The van der Waals surface area contributed by atoms with Gasteiger partial charge in [0.2, 0.25) is 0 Å². The molecule has 1 unspecified atom stereocenters. The summed E-state index contributed by atoms with van der Waals surface area (Å²) in [6.45, 7) is 4.75. The minimum Gasteiger partial charge on any atom is -0.152 e. The molecule has 1 rings (SSSR count). The van der Waals surface area contributed by atoms with Gasteiger partial charge in [0, 0.05) is 12.8 Å². The van der Waals surface area contributed by atoms with Crippen molar-refractivity contribution in [2.24, 2.45) is 0 Å². The molecular weight excluding hydrogens is 118 g/mol. The van der Waals surface area contributed by atoms with Gasteiger partial charge in [-0.15, -0.1) is 0 Å². The first kappa shape index (κ1) is 5.89. The average molecular weight is 128 g/mol. The Morgan fingerprint density at radius 2 is 2.50 bits per heavy atom. The van der Waals surface area contributed by atoms with Crippen molar-refractivity contribution < 1.29 is 3.95 Å². The fourth-order valence-electron chi connectivity index (χ4n) is 1.00. The van der Waals surface area contributed by atoms with Crippen molar-refractivity contribution in [1.82, 2.24) is 0 Å². The zero-order valence-corrected chi connectivity index (χ0v) is 5.66. The molecule has 8 heavy (non-hydrogen) atoms. The first-order valence-corrected chi connectivity index (χ1v) is 3.27. The molecule has 0 bridgehead atoms. The number of hydrogen-bond acceptors (Lipinski definition) is 1. The Bertz CT molecular complexity index is 120. The number of rotatable bonds is 1. The molecule has 44 valence electrons. The van der Waals surface area contributed by atoms with Gasteiger partial charge in [0.15, 0.2) is 12.6 Å². The number of hydrogen-bond donors (Lipinski definition) is 0. The molecule has 0 amide bonds. The van der Waals surface area contributed by atoms with E-state index < -0.39 is 0 Å². The lowest BCUT2D eigenvalue weighted by Gasteiger charge is -1.91. The van der Waals surface area contributed by atoms with Gasteiger partial charge in [-0.2, -0.15) is 3.95 Å². The van der Waals surface area contributed by atoms with Crippen LogP contribution in [0.1, 0.15) is 12.8 Å². The third kappa shape index (κ3) is 0.944. The maximum absolute atomic E-state index is 4.98. The Morgan fingerprint density at radius 3 is 2.75 bits per heavy atom. The van der Waals surface area contributed by atoms with Crippen molar-refractivity contribution in [2.45, 2.75) is 18.9 Å². The van der Waals surface area contributed by atoms with E-state index in [1.807, 2.05) is 10.0 Å². The van der Waals surface area contributed by atoms with Gasteiger partial charge >= 0.3 is 0 Å². The van der Waals surface area contributed by atoms with Crippen LogP contribution >= 0.6 is 0 Å². The van der Waals surface area contributed by atoms with E-state index in [2.05, 4.69) is 6.58 Å². The topological polar surface area (TPSA) is 3.01 Å². The zero-order chi connectivity index (χ0) is 5.98. The van der Waals surface area contributed by atoms with Crippen molar-refractivity contribution in [1.29, 1.82) is 0 Å². The molecule has 0 saturated carbocycles. The summed E-state index contributed by atoms with van der Waals surface area (Å²) in [7, 11) is 0. The fraction of sp³-hybridized carbons (Fsp3) is 0.667. The highest BCUT2D eigenvalue weighted by molar-refractivity contribution is 7.44. The van der Waals surface area contributed by atoms with Crippen LogP contribution < -0.4 is 0 Å². The van der Waals surface area contributed by atoms with Crippen molar-refractivity contribution in [3.8, 4) is 0 Å². The monoisotopic (exact) mass is 128 g/mol. The predicted molar refractivity (Wildman–Crippen MR) is 35.7 cm³/mol. The standard InChI is InChI=1S/C6H10NS/c1-2-6-4-3-5-7(6)8/h2,6H,1,3-5H2/q+1. The Labute approximate surface area is 55.2 Å². The summed E-state index contributed by atoms with van der Waals surface area (Å²) in [4.78, 5) is 0. The normalized spacial score (nSPS) is 28.5. The summed E-state index contributed by atoms with van der Waals surface area (Å²) in [5.74, 6) is 0. The lowest BCUT2D eigenvalue weighted by molar-refractivity contribution is -0.502. The number of nitrogens with zero attached hydrogens (tertiary/aromatic N) is 1. The molecule has 0 aromatic carbocycles. The highest BCUT2D eigenvalue weighted by Crippen LogP contribution is 2.10. The van der Waals surface area contributed by atoms with Crippen molar-refractivity contribution >= 4 is 12.4 Å². The lowest BCUT2D eigenvalue weighted by atomic mass is 10.2. The van der Waals surface area contributed by atoms with Crippen LogP contribution in [0.2, 0.25) is 0 Å². The third-order valence-electron chi connectivity index (χ3n) is 1.52. The molecule has 1 aliphatic heterocycles. The van der Waals surface area contributed by atoms with Gasteiger partial charge in [-0.1, -0.05) is 6.58 Å². The summed E-state index contributed by atoms with van der Waals surface area (Å²) >= 11 is 4.98. The van der Waals surface area contributed by atoms with Crippen LogP contribution in [0.15, 0.2) is 12.7 Å². The van der Waals surface area contributed by atoms with Crippen LogP contribution in [0.4, 0.5) is 0 Å². The maximum atomic E-state index is 4.98. The average Bonchev–Trinajstić information content (AvgIpc) is 2.14. The van der Waals surface area contributed by atoms with Crippen LogP contribution in [0, 0.1) is 0 Å². The molecule has 0 aromatic heterocycles. The molecule has 0 aromatic rings. The van der Waals surface area contributed by atoms with E-state index >= 15 is 0 Å². The molecule has 2 heteroatoms. The Hall–Kier alpha value is -0.240. The summed E-state index contributed by atoms with van der Waals surface area (Å²) in [5.41, 5.74) is 0. The summed E-state index contributed by atoms with van der Waals surface area (Å²) in [6, 6.07) is 0.477. The summed E-state index contributed by atoms with van der Waals surface area (Å²) in [6.07, 6.45) is 4.37. The van der Waals surface area contributed by atoms with Crippen LogP contribution in [-0.2, 0) is 12.4 Å². The van der Waals surface area contributed by atoms with Crippen LogP contribution in [0.5, 0.6) is 0 Å². The quantitative estimate of drug-likeness (QED) is 0.377. The second kappa shape index (κ2) is 2.35. The van der Waals surface area contributed by atoms with E-state index in [4.69, 9.17) is 12.4 Å². The SMILES string of the molecule is C=CC1CCC[N+]1=S. The van der Waals surface area contributed by atoms with Gasteiger partial charge in [0.05, 0.1) is 0 Å². The van der Waals surface area contributed by atoms with E-state index in [-0.39, 0.29) is 0 Å². The smallest absolute Gasteiger partial charge is 0.152 e. The Kier molecular flexibility index (Phi) is 1.73. The molecule has 0 aliphatic carbocycles. The van der Waals surface area contributed by atoms with Crippen LogP contribution in [-0.4, -0.2) is 16.5 Å². The first-order chi connectivity index (χ1) is 3.84. The van der Waals surface area contributed by atoms with E-state index in [1.54, 1.807) is 0 Å². The maximum Gasteiger partial charge on any atom is 0.264 e. The minimum atomic E-state index is 0.477. The molecule has 0 spiro atoms. The van der Waals surface area contributed by atoms with Gasteiger partial charge in [-0.05, 0) is 6.08 Å². The van der Waals surface area contributed by atoms with Gasteiger partial charge < -0.3 is 0 Å². The fourth-order valence-corrected chi connectivity index (χ4v) is 1.32. The molecule has 0 N–H and O–H groups in total. The zero-order valence-electron chi connectivity index (χ0n) is 4.84. The van der Waals surface area contributed by atoms with E-state index in [0.717, 1.165) is 6.54 Å². The Balaban J connectivity index is 2.54. The van der Waals surface area contributed by atoms with Gasteiger partial charge in [-0.25, -0.2) is 0 Å². The first-order valence-electron chi connectivity index (χ1n) is 2.91. The van der Waals surface area contributed by atoms with Crippen LogP contribution in [0.25, 0.3) is 0 Å². The molecular formula is C6H10NS+. The molecule has 0 radical (unpaired) electrons. The second-order valence-electron chi connectivity index (χ2n) is 2.09. The molecule has 1 nitrogen and oxygen atoms in total. The van der Waals surface area contributed by atoms with Crippen LogP contribution in [0.3, 0.4) is 0 Å². The van der Waals surface area contributed by atoms with Gasteiger partial charge in [-0.3, -0.25) is 0 Å².